The molecule has 4 rings (SSSR count). The largest absolute Gasteiger partial charge is 0.443 e. The maximum Gasteiger partial charge on any atom is 0.192 e. The number of aryl methyl sites for hydroxylation is 1. The zero-order valence-corrected chi connectivity index (χ0v) is 10.4. The molecule has 2 heterocycles. The molecule has 19 heavy (non-hydrogen) atoms. The van der Waals surface area contributed by atoms with Gasteiger partial charge in [-0.15, -0.1) is 0 Å². The van der Waals surface area contributed by atoms with Crippen LogP contribution >= 0.6 is 0 Å². The second-order valence-corrected chi connectivity index (χ2v) is 4.02. The summed E-state index contributed by atoms with van der Waals surface area (Å²) in [6.07, 6.45) is 1.45. The normalized spacial score (nSPS) is 10.4. The van der Waals surface area contributed by atoms with Gasteiger partial charge in [0.1, 0.15) is 11.0 Å². The van der Waals surface area contributed by atoms with Crippen LogP contribution in [0.5, 0.6) is 0 Å². The standard InChI is InChI=1S/C8H7NO.C7H5NO/c1-6-9-7-4-2-3-5-8(7)10-6;1-2-4-7-6(3-1)8-5-9-7/h2-5H,1H3;1-5H. The Hall–Kier alpha value is -2.62. The van der Waals surface area contributed by atoms with E-state index in [1.54, 1.807) is 0 Å². The van der Waals surface area contributed by atoms with E-state index in [2.05, 4.69) is 9.97 Å². The summed E-state index contributed by atoms with van der Waals surface area (Å²) in [6, 6.07) is 15.4. The number of oxazole rings is 2. The van der Waals surface area contributed by atoms with E-state index in [1.807, 2.05) is 55.5 Å². The Morgan fingerprint density at radius 2 is 1.53 bits per heavy atom. The fourth-order valence-corrected chi connectivity index (χ4v) is 1.79. The number of rotatable bonds is 0. The fourth-order valence-electron chi connectivity index (χ4n) is 1.79. The zero-order chi connectivity index (χ0) is 13.1. The molecule has 4 aromatic rings. The topological polar surface area (TPSA) is 52.1 Å². The molecule has 0 fully saturated rings. The lowest BCUT2D eigenvalue weighted by Crippen LogP contribution is -1.65. The van der Waals surface area contributed by atoms with Crippen LogP contribution in [0.1, 0.15) is 5.89 Å². The van der Waals surface area contributed by atoms with Gasteiger partial charge in [0, 0.05) is 6.92 Å². The van der Waals surface area contributed by atoms with Crippen molar-refractivity contribution in [3.05, 3.63) is 60.8 Å². The molecule has 4 nitrogen and oxygen atoms in total. The van der Waals surface area contributed by atoms with Gasteiger partial charge in [0.05, 0.1) is 0 Å². The summed E-state index contributed by atoms with van der Waals surface area (Å²) in [6.45, 7) is 1.85. The molecule has 0 amide bonds. The number of aromatic nitrogens is 2. The predicted molar refractivity (Wildman–Crippen MR) is 72.8 cm³/mol. The lowest BCUT2D eigenvalue weighted by atomic mass is 10.3. The molecule has 2 aromatic carbocycles. The molecule has 0 saturated carbocycles. The Morgan fingerprint density at radius 3 is 2.26 bits per heavy atom. The quantitative estimate of drug-likeness (QED) is 0.475. The number of para-hydroxylation sites is 4. The van der Waals surface area contributed by atoms with E-state index in [4.69, 9.17) is 8.83 Å². The average molecular weight is 252 g/mol. The van der Waals surface area contributed by atoms with Gasteiger partial charge in [0.25, 0.3) is 0 Å². The molecule has 0 saturated heterocycles. The van der Waals surface area contributed by atoms with Crippen LogP contribution in [-0.2, 0) is 0 Å². The summed E-state index contributed by atoms with van der Waals surface area (Å²) in [4.78, 5) is 8.10. The van der Waals surface area contributed by atoms with Crippen LogP contribution in [0.15, 0.2) is 63.8 Å². The van der Waals surface area contributed by atoms with Gasteiger partial charge in [-0.25, -0.2) is 9.97 Å². The fraction of sp³-hybridized carbons (Fsp3) is 0.0667. The molecule has 4 heteroatoms. The van der Waals surface area contributed by atoms with Crippen molar-refractivity contribution in [1.29, 1.82) is 0 Å². The van der Waals surface area contributed by atoms with Crippen molar-refractivity contribution in [2.45, 2.75) is 6.92 Å². The molecule has 0 aliphatic heterocycles. The van der Waals surface area contributed by atoms with Crippen LogP contribution < -0.4 is 0 Å². The molecule has 0 radical (unpaired) electrons. The SMILES string of the molecule is Cc1nc2ccccc2o1.c1ccc2ocnc2c1. The first-order valence-corrected chi connectivity index (χ1v) is 5.93. The van der Waals surface area contributed by atoms with Gasteiger partial charge in [0.2, 0.25) is 0 Å². The van der Waals surface area contributed by atoms with Crippen molar-refractivity contribution in [1.82, 2.24) is 9.97 Å². The maximum absolute atomic E-state index is 5.26. The first kappa shape index (κ1) is 11.5. The van der Waals surface area contributed by atoms with Gasteiger partial charge >= 0.3 is 0 Å². The van der Waals surface area contributed by atoms with E-state index in [1.165, 1.54) is 6.39 Å². The van der Waals surface area contributed by atoms with Gasteiger partial charge in [0.15, 0.2) is 23.5 Å². The van der Waals surface area contributed by atoms with Gasteiger partial charge in [-0.3, -0.25) is 0 Å². The molecular formula is C15H12N2O2. The van der Waals surface area contributed by atoms with Crippen LogP contribution in [0.25, 0.3) is 22.2 Å². The van der Waals surface area contributed by atoms with Crippen molar-refractivity contribution < 1.29 is 8.83 Å². The molecule has 0 aliphatic rings. The molecule has 0 bridgehead atoms. The van der Waals surface area contributed by atoms with Gasteiger partial charge in [-0.1, -0.05) is 24.3 Å². The van der Waals surface area contributed by atoms with Crippen molar-refractivity contribution in [2.75, 3.05) is 0 Å². The molecule has 0 atom stereocenters. The van der Waals surface area contributed by atoms with Crippen LogP contribution in [0.4, 0.5) is 0 Å². The first-order chi connectivity index (χ1) is 9.33. The highest BCUT2D eigenvalue weighted by Crippen LogP contribution is 2.13. The molecule has 94 valence electrons. The number of benzene rings is 2. The Morgan fingerprint density at radius 1 is 0.842 bits per heavy atom. The van der Waals surface area contributed by atoms with Crippen LogP contribution in [-0.4, -0.2) is 9.97 Å². The first-order valence-electron chi connectivity index (χ1n) is 5.93. The second kappa shape index (κ2) is 4.94. The highest BCUT2D eigenvalue weighted by Gasteiger charge is 1.97. The lowest BCUT2D eigenvalue weighted by molar-refractivity contribution is 0.561. The second-order valence-electron chi connectivity index (χ2n) is 4.02. The molecule has 0 spiro atoms. The maximum atomic E-state index is 5.26. The number of hydrogen-bond acceptors (Lipinski definition) is 4. The Balaban J connectivity index is 0.000000117. The number of nitrogens with zero attached hydrogens (tertiary/aromatic N) is 2. The van der Waals surface area contributed by atoms with Crippen molar-refractivity contribution in [3.8, 4) is 0 Å². The minimum absolute atomic E-state index is 0.723. The third-order valence-electron chi connectivity index (χ3n) is 2.64. The van der Waals surface area contributed by atoms with Gasteiger partial charge < -0.3 is 8.83 Å². The van der Waals surface area contributed by atoms with E-state index >= 15 is 0 Å². The van der Waals surface area contributed by atoms with Crippen molar-refractivity contribution in [3.63, 3.8) is 0 Å². The van der Waals surface area contributed by atoms with Crippen molar-refractivity contribution in [2.24, 2.45) is 0 Å². The smallest absolute Gasteiger partial charge is 0.192 e. The molecule has 0 aliphatic carbocycles. The minimum atomic E-state index is 0.723. The summed E-state index contributed by atoms with van der Waals surface area (Å²) in [5, 5.41) is 0. The minimum Gasteiger partial charge on any atom is -0.443 e. The Bertz CT molecular complexity index is 739. The Kier molecular flexibility index (Phi) is 2.98. The summed E-state index contributed by atoms with van der Waals surface area (Å²) < 4.78 is 10.3. The van der Waals surface area contributed by atoms with E-state index in [-0.39, 0.29) is 0 Å². The molecule has 0 unspecified atom stereocenters. The predicted octanol–water partition coefficient (Wildman–Crippen LogP) is 3.96. The summed E-state index contributed by atoms with van der Waals surface area (Å²) in [5.41, 5.74) is 3.55. The molecule has 2 aromatic heterocycles. The van der Waals surface area contributed by atoms with Crippen LogP contribution in [0.3, 0.4) is 0 Å². The van der Waals surface area contributed by atoms with Gasteiger partial charge in [-0.2, -0.15) is 0 Å². The van der Waals surface area contributed by atoms with Gasteiger partial charge in [-0.05, 0) is 24.3 Å². The highest BCUT2D eigenvalue weighted by molar-refractivity contribution is 5.72. The summed E-state index contributed by atoms with van der Waals surface area (Å²) >= 11 is 0. The average Bonchev–Trinajstić information content (AvgIpc) is 3.03. The summed E-state index contributed by atoms with van der Waals surface area (Å²) in [5.74, 6) is 0.723. The van der Waals surface area contributed by atoms with Crippen LogP contribution in [0, 0.1) is 6.92 Å². The van der Waals surface area contributed by atoms with Crippen LogP contribution in [0.2, 0.25) is 0 Å². The zero-order valence-electron chi connectivity index (χ0n) is 10.4. The Labute approximate surface area is 109 Å². The van der Waals surface area contributed by atoms with E-state index in [9.17, 15) is 0 Å². The number of fused-ring (bicyclic) bond motifs is 2. The number of hydrogen-bond donors (Lipinski definition) is 0. The third-order valence-corrected chi connectivity index (χ3v) is 2.64. The highest BCUT2D eigenvalue weighted by atomic mass is 16.3. The molecular weight excluding hydrogens is 240 g/mol. The van der Waals surface area contributed by atoms with E-state index in [0.717, 1.165) is 28.1 Å². The lowest BCUT2D eigenvalue weighted by Gasteiger charge is -1.79. The van der Waals surface area contributed by atoms with E-state index in [0.29, 0.717) is 0 Å². The monoisotopic (exact) mass is 252 g/mol. The van der Waals surface area contributed by atoms with E-state index < -0.39 is 0 Å². The third kappa shape index (κ3) is 2.47. The molecule has 0 N–H and O–H groups in total. The van der Waals surface area contributed by atoms with Crippen molar-refractivity contribution >= 4 is 22.2 Å². The summed E-state index contributed by atoms with van der Waals surface area (Å²) in [7, 11) is 0.